The van der Waals surface area contributed by atoms with Gasteiger partial charge in [-0.3, -0.25) is 5.01 Å². The molecule has 0 aliphatic carbocycles. The van der Waals surface area contributed by atoms with E-state index in [9.17, 15) is 0 Å². The third-order valence-electron chi connectivity index (χ3n) is 2.23. The standard InChI is InChI=1S/C10H14N2OS/c1-9-2-7-14-10(9)8-11-12-3-5-13-6-4-12/h2,7-8H,3-6H2,1H3. The SMILES string of the molecule is Cc1ccsc1C=NN1CCOCC1. The minimum atomic E-state index is 0.792. The largest absolute Gasteiger partial charge is 0.378 e. The highest BCUT2D eigenvalue weighted by molar-refractivity contribution is 7.11. The minimum absolute atomic E-state index is 0.792. The van der Waals surface area contributed by atoms with Crippen molar-refractivity contribution < 1.29 is 4.74 Å². The van der Waals surface area contributed by atoms with Gasteiger partial charge in [-0.05, 0) is 23.9 Å². The van der Waals surface area contributed by atoms with Crippen LogP contribution in [0.2, 0.25) is 0 Å². The first kappa shape index (κ1) is 9.68. The van der Waals surface area contributed by atoms with Crippen LogP contribution in [-0.2, 0) is 4.74 Å². The molecule has 2 rings (SSSR count). The molecule has 3 nitrogen and oxygen atoms in total. The Morgan fingerprint density at radius 1 is 1.50 bits per heavy atom. The first-order valence-corrected chi connectivity index (χ1v) is 5.65. The third-order valence-corrected chi connectivity index (χ3v) is 3.18. The van der Waals surface area contributed by atoms with E-state index in [2.05, 4.69) is 28.5 Å². The van der Waals surface area contributed by atoms with Gasteiger partial charge < -0.3 is 4.74 Å². The molecule has 0 atom stereocenters. The topological polar surface area (TPSA) is 24.8 Å². The number of ether oxygens (including phenoxy) is 1. The molecule has 1 aromatic rings. The van der Waals surface area contributed by atoms with Crippen LogP contribution >= 0.6 is 11.3 Å². The van der Waals surface area contributed by atoms with E-state index >= 15 is 0 Å². The summed E-state index contributed by atoms with van der Waals surface area (Å²) in [4.78, 5) is 1.25. The molecule has 0 aromatic carbocycles. The Bertz CT molecular complexity index is 316. The van der Waals surface area contributed by atoms with Crippen molar-refractivity contribution in [1.29, 1.82) is 0 Å². The van der Waals surface area contributed by atoms with Crippen LogP contribution in [0.25, 0.3) is 0 Å². The van der Waals surface area contributed by atoms with Crippen LogP contribution in [0, 0.1) is 6.92 Å². The summed E-state index contributed by atoms with van der Waals surface area (Å²) in [7, 11) is 0. The molecule has 0 spiro atoms. The van der Waals surface area contributed by atoms with Crippen molar-refractivity contribution in [2.24, 2.45) is 5.10 Å². The zero-order chi connectivity index (χ0) is 9.80. The summed E-state index contributed by atoms with van der Waals surface area (Å²) >= 11 is 1.73. The number of nitrogens with zero attached hydrogens (tertiary/aromatic N) is 2. The fourth-order valence-corrected chi connectivity index (χ4v) is 2.10. The maximum absolute atomic E-state index is 5.25. The second kappa shape index (κ2) is 4.57. The highest BCUT2D eigenvalue weighted by Gasteiger charge is 2.06. The number of hydrogen-bond acceptors (Lipinski definition) is 4. The lowest BCUT2D eigenvalue weighted by Crippen LogP contribution is -2.32. The van der Waals surface area contributed by atoms with E-state index in [-0.39, 0.29) is 0 Å². The normalized spacial score (nSPS) is 17.9. The summed E-state index contributed by atoms with van der Waals surface area (Å²) in [6.07, 6.45) is 1.95. The quantitative estimate of drug-likeness (QED) is 0.694. The number of rotatable bonds is 2. The van der Waals surface area contributed by atoms with Gasteiger partial charge in [0.25, 0.3) is 0 Å². The Balaban J connectivity index is 1.95. The molecule has 0 amide bonds. The molecule has 0 bridgehead atoms. The van der Waals surface area contributed by atoms with Crippen molar-refractivity contribution in [3.63, 3.8) is 0 Å². The maximum Gasteiger partial charge on any atom is 0.0659 e. The van der Waals surface area contributed by atoms with Gasteiger partial charge in [0.1, 0.15) is 0 Å². The average Bonchev–Trinajstić information content (AvgIpc) is 2.63. The Morgan fingerprint density at radius 3 is 2.93 bits per heavy atom. The van der Waals surface area contributed by atoms with Gasteiger partial charge in [0, 0.05) is 4.88 Å². The highest BCUT2D eigenvalue weighted by atomic mass is 32.1. The molecule has 0 N–H and O–H groups in total. The monoisotopic (exact) mass is 210 g/mol. The van der Waals surface area contributed by atoms with E-state index in [1.165, 1.54) is 10.4 Å². The molecule has 2 heterocycles. The van der Waals surface area contributed by atoms with E-state index in [1.807, 2.05) is 6.21 Å². The number of thiophene rings is 1. The molecule has 76 valence electrons. The van der Waals surface area contributed by atoms with Gasteiger partial charge in [-0.2, -0.15) is 5.10 Å². The second-order valence-electron chi connectivity index (χ2n) is 3.28. The summed E-state index contributed by atoms with van der Waals surface area (Å²) in [6.45, 7) is 5.50. The highest BCUT2D eigenvalue weighted by Crippen LogP contribution is 2.12. The molecular weight excluding hydrogens is 196 g/mol. The molecule has 0 radical (unpaired) electrons. The van der Waals surface area contributed by atoms with E-state index in [0.717, 1.165) is 26.3 Å². The first-order chi connectivity index (χ1) is 6.86. The Hall–Kier alpha value is -0.870. The van der Waals surface area contributed by atoms with Crippen molar-refractivity contribution in [1.82, 2.24) is 5.01 Å². The molecule has 0 unspecified atom stereocenters. The molecule has 14 heavy (non-hydrogen) atoms. The predicted molar refractivity (Wildman–Crippen MR) is 59.0 cm³/mol. The van der Waals surface area contributed by atoms with Gasteiger partial charge >= 0.3 is 0 Å². The van der Waals surface area contributed by atoms with Gasteiger partial charge in [-0.15, -0.1) is 11.3 Å². The average molecular weight is 210 g/mol. The lowest BCUT2D eigenvalue weighted by atomic mass is 10.3. The van der Waals surface area contributed by atoms with E-state index in [4.69, 9.17) is 4.74 Å². The molecular formula is C10H14N2OS. The van der Waals surface area contributed by atoms with E-state index in [0.29, 0.717) is 0 Å². The minimum Gasteiger partial charge on any atom is -0.378 e. The number of morpholine rings is 1. The smallest absolute Gasteiger partial charge is 0.0659 e. The molecule has 1 aliphatic rings. The van der Waals surface area contributed by atoms with Crippen LogP contribution < -0.4 is 0 Å². The second-order valence-corrected chi connectivity index (χ2v) is 4.23. The summed E-state index contributed by atoms with van der Waals surface area (Å²) < 4.78 is 5.25. The summed E-state index contributed by atoms with van der Waals surface area (Å²) in [5, 5.41) is 8.58. The van der Waals surface area contributed by atoms with Crippen LogP contribution in [-0.4, -0.2) is 37.5 Å². The van der Waals surface area contributed by atoms with Crippen LogP contribution in [0.3, 0.4) is 0 Å². The van der Waals surface area contributed by atoms with Crippen molar-refractivity contribution in [3.8, 4) is 0 Å². The Kier molecular flexibility index (Phi) is 3.16. The molecule has 4 heteroatoms. The lowest BCUT2D eigenvalue weighted by molar-refractivity contribution is 0.0397. The zero-order valence-electron chi connectivity index (χ0n) is 8.27. The van der Waals surface area contributed by atoms with Crippen molar-refractivity contribution in [2.75, 3.05) is 26.3 Å². The third kappa shape index (κ3) is 2.33. The predicted octanol–water partition coefficient (Wildman–Crippen LogP) is 1.72. The molecule has 1 aromatic heterocycles. The van der Waals surface area contributed by atoms with E-state index in [1.54, 1.807) is 11.3 Å². The molecule has 1 aliphatic heterocycles. The van der Waals surface area contributed by atoms with Gasteiger partial charge in [0.15, 0.2) is 0 Å². The zero-order valence-corrected chi connectivity index (χ0v) is 9.09. The number of hydrazone groups is 1. The van der Waals surface area contributed by atoms with Crippen molar-refractivity contribution >= 4 is 17.6 Å². The summed E-state index contributed by atoms with van der Waals surface area (Å²) in [5.41, 5.74) is 1.30. The van der Waals surface area contributed by atoms with Crippen LogP contribution in [0.4, 0.5) is 0 Å². The van der Waals surface area contributed by atoms with Gasteiger partial charge in [0.05, 0.1) is 32.5 Å². The number of hydrogen-bond donors (Lipinski definition) is 0. The summed E-state index contributed by atoms with van der Waals surface area (Å²) in [5.74, 6) is 0. The van der Waals surface area contributed by atoms with Crippen molar-refractivity contribution in [3.05, 3.63) is 21.9 Å². The lowest BCUT2D eigenvalue weighted by Gasteiger charge is -2.23. The fourth-order valence-electron chi connectivity index (χ4n) is 1.32. The summed E-state index contributed by atoms with van der Waals surface area (Å²) in [6, 6.07) is 2.12. The Morgan fingerprint density at radius 2 is 2.29 bits per heavy atom. The van der Waals surface area contributed by atoms with Crippen LogP contribution in [0.15, 0.2) is 16.5 Å². The molecule has 1 saturated heterocycles. The van der Waals surface area contributed by atoms with Crippen LogP contribution in [0.5, 0.6) is 0 Å². The Labute approximate surface area is 88.0 Å². The first-order valence-electron chi connectivity index (χ1n) is 4.77. The van der Waals surface area contributed by atoms with E-state index < -0.39 is 0 Å². The van der Waals surface area contributed by atoms with Gasteiger partial charge in [0.2, 0.25) is 0 Å². The van der Waals surface area contributed by atoms with Crippen molar-refractivity contribution in [2.45, 2.75) is 6.92 Å². The fraction of sp³-hybridized carbons (Fsp3) is 0.500. The molecule has 1 fully saturated rings. The van der Waals surface area contributed by atoms with Crippen LogP contribution in [0.1, 0.15) is 10.4 Å². The molecule has 0 saturated carbocycles. The van der Waals surface area contributed by atoms with Gasteiger partial charge in [-0.25, -0.2) is 0 Å². The maximum atomic E-state index is 5.25. The number of aryl methyl sites for hydroxylation is 1. The van der Waals surface area contributed by atoms with Gasteiger partial charge in [-0.1, -0.05) is 0 Å².